The van der Waals surface area contributed by atoms with Crippen LogP contribution in [-0.4, -0.2) is 33.9 Å². The summed E-state index contributed by atoms with van der Waals surface area (Å²) in [5.41, 5.74) is 1.66. The smallest absolute Gasteiger partial charge is 0.266 e. The van der Waals surface area contributed by atoms with Crippen LogP contribution in [0.15, 0.2) is 46.3 Å². The number of halogens is 1. The summed E-state index contributed by atoms with van der Waals surface area (Å²) in [7, 11) is 1.52. The minimum absolute atomic E-state index is 0.0197. The molecule has 158 valence electrons. The molecule has 0 saturated carbocycles. The number of aryl methyl sites for hydroxylation is 1. The molecule has 0 aliphatic heterocycles. The Bertz CT molecular complexity index is 1160. The quantitative estimate of drug-likeness (QED) is 0.450. The normalized spacial score (nSPS) is 12.2. The lowest BCUT2D eigenvalue weighted by molar-refractivity contribution is -0.120. The van der Waals surface area contributed by atoms with Crippen LogP contribution in [0.25, 0.3) is 16.6 Å². The lowest BCUT2D eigenvalue weighted by atomic mass is 10.2. The van der Waals surface area contributed by atoms with E-state index in [0.717, 1.165) is 5.56 Å². The van der Waals surface area contributed by atoms with E-state index in [9.17, 15) is 9.59 Å². The zero-order valence-corrected chi connectivity index (χ0v) is 19.1. The first kappa shape index (κ1) is 22.2. The molecule has 3 rings (SSSR count). The molecule has 8 heteroatoms. The van der Waals surface area contributed by atoms with E-state index in [2.05, 4.69) is 5.32 Å². The molecule has 0 radical (unpaired) electrons. The number of nitrogens with one attached hydrogen (secondary N) is 1. The van der Waals surface area contributed by atoms with Crippen molar-refractivity contribution in [2.24, 2.45) is 0 Å². The first-order valence-corrected chi connectivity index (χ1v) is 10.8. The molecule has 1 N–H and O–H groups in total. The third-order valence-electron chi connectivity index (χ3n) is 4.53. The van der Waals surface area contributed by atoms with Crippen molar-refractivity contribution in [3.63, 3.8) is 0 Å². The van der Waals surface area contributed by atoms with Crippen molar-refractivity contribution >= 4 is 40.2 Å². The number of carbonyl (C=O) groups excluding carboxylic acids is 1. The summed E-state index contributed by atoms with van der Waals surface area (Å²) in [4.78, 5) is 30.6. The van der Waals surface area contributed by atoms with Gasteiger partial charge in [-0.15, -0.1) is 0 Å². The second-order valence-electron chi connectivity index (χ2n) is 7.25. The van der Waals surface area contributed by atoms with Gasteiger partial charge in [-0.2, -0.15) is 0 Å². The summed E-state index contributed by atoms with van der Waals surface area (Å²) in [5, 5.41) is 3.87. The van der Waals surface area contributed by atoms with Crippen molar-refractivity contribution in [3.05, 3.63) is 57.3 Å². The Morgan fingerprint density at radius 2 is 1.93 bits per heavy atom. The van der Waals surface area contributed by atoms with E-state index in [4.69, 9.17) is 21.3 Å². The largest absolute Gasteiger partial charge is 0.495 e. The number of fused-ring (bicyclic) bond motifs is 1. The summed E-state index contributed by atoms with van der Waals surface area (Å²) in [6.45, 7) is 7.45. The Hall–Kier alpha value is -2.51. The maximum atomic E-state index is 13.5. The number of ether oxygens (including phenoxy) is 1. The molecule has 0 aliphatic rings. The number of nitrogens with zero attached hydrogens (tertiary/aromatic N) is 2. The van der Waals surface area contributed by atoms with Crippen LogP contribution in [0.2, 0.25) is 5.02 Å². The Labute approximate surface area is 184 Å². The number of carbonyl (C=O) groups is 1. The number of methoxy groups -OCH3 is 1. The zero-order chi connectivity index (χ0) is 22.0. The Balaban J connectivity index is 2.24. The maximum absolute atomic E-state index is 13.5. The Morgan fingerprint density at radius 1 is 1.23 bits per heavy atom. The van der Waals surface area contributed by atoms with E-state index in [1.54, 1.807) is 37.3 Å². The number of rotatable bonds is 6. The van der Waals surface area contributed by atoms with Gasteiger partial charge in [0, 0.05) is 17.1 Å². The highest BCUT2D eigenvalue weighted by Crippen LogP contribution is 2.33. The topological polar surface area (TPSA) is 73.2 Å². The van der Waals surface area contributed by atoms with Crippen LogP contribution in [0.5, 0.6) is 5.75 Å². The summed E-state index contributed by atoms with van der Waals surface area (Å²) >= 11 is 7.48. The van der Waals surface area contributed by atoms with Crippen LogP contribution in [0.3, 0.4) is 0 Å². The summed E-state index contributed by atoms with van der Waals surface area (Å²) in [6, 6.07) is 10.6. The van der Waals surface area contributed by atoms with Gasteiger partial charge in [-0.05, 0) is 51.5 Å². The maximum Gasteiger partial charge on any atom is 0.266 e. The van der Waals surface area contributed by atoms with Crippen LogP contribution < -0.4 is 15.6 Å². The molecule has 1 heterocycles. The molecule has 30 heavy (non-hydrogen) atoms. The van der Waals surface area contributed by atoms with Gasteiger partial charge in [-0.3, -0.25) is 14.2 Å². The third kappa shape index (κ3) is 4.47. The van der Waals surface area contributed by atoms with Crippen LogP contribution in [0, 0.1) is 6.92 Å². The molecular formula is C22H24ClN3O3S. The fourth-order valence-electron chi connectivity index (χ4n) is 3.00. The number of thioether (sulfide) groups is 1. The number of amides is 1. The van der Waals surface area contributed by atoms with Crippen molar-refractivity contribution in [2.75, 3.05) is 7.11 Å². The second-order valence-corrected chi connectivity index (χ2v) is 8.96. The van der Waals surface area contributed by atoms with Crippen LogP contribution in [-0.2, 0) is 4.79 Å². The van der Waals surface area contributed by atoms with E-state index in [1.165, 1.54) is 23.4 Å². The van der Waals surface area contributed by atoms with Crippen molar-refractivity contribution in [1.82, 2.24) is 14.9 Å². The summed E-state index contributed by atoms with van der Waals surface area (Å²) in [6.07, 6.45) is 0. The van der Waals surface area contributed by atoms with Crippen LogP contribution in [0.1, 0.15) is 26.3 Å². The fraction of sp³-hybridized carbons (Fsp3) is 0.318. The van der Waals surface area contributed by atoms with E-state index in [0.29, 0.717) is 32.5 Å². The predicted octanol–water partition coefficient (Wildman–Crippen LogP) is 4.36. The lowest BCUT2D eigenvalue weighted by Gasteiger charge is -2.19. The number of aromatic nitrogens is 2. The molecule has 6 nitrogen and oxygen atoms in total. The van der Waals surface area contributed by atoms with Gasteiger partial charge in [0.1, 0.15) is 5.75 Å². The molecular weight excluding hydrogens is 422 g/mol. The zero-order valence-electron chi connectivity index (χ0n) is 17.5. The minimum Gasteiger partial charge on any atom is -0.495 e. The van der Waals surface area contributed by atoms with E-state index >= 15 is 0 Å². The first-order chi connectivity index (χ1) is 14.2. The van der Waals surface area contributed by atoms with E-state index in [1.807, 2.05) is 26.8 Å². The number of para-hydroxylation sites is 1. The van der Waals surface area contributed by atoms with Gasteiger partial charge in [0.15, 0.2) is 5.16 Å². The highest BCUT2D eigenvalue weighted by Gasteiger charge is 2.22. The molecule has 1 atom stereocenters. The van der Waals surface area contributed by atoms with E-state index in [-0.39, 0.29) is 17.5 Å². The number of benzene rings is 2. The van der Waals surface area contributed by atoms with Crippen molar-refractivity contribution in [2.45, 2.75) is 44.1 Å². The lowest BCUT2D eigenvalue weighted by Crippen LogP contribution is -2.36. The highest BCUT2D eigenvalue weighted by molar-refractivity contribution is 8.00. The molecule has 1 amide bonds. The number of hydrogen-bond donors (Lipinski definition) is 1. The average Bonchev–Trinajstić information content (AvgIpc) is 2.69. The summed E-state index contributed by atoms with van der Waals surface area (Å²) < 4.78 is 7.00. The SMILES string of the molecule is COc1cc(Cl)c(C)cc1-n1c(SC(C)C(=O)NC(C)C)nc2ccccc2c1=O. The molecule has 1 aromatic heterocycles. The molecule has 0 saturated heterocycles. The molecule has 0 spiro atoms. The second kappa shape index (κ2) is 9.10. The van der Waals surface area contributed by atoms with Gasteiger partial charge in [-0.1, -0.05) is 35.5 Å². The van der Waals surface area contributed by atoms with E-state index < -0.39 is 5.25 Å². The molecule has 0 bridgehead atoms. The van der Waals surface area contributed by atoms with Gasteiger partial charge in [0.2, 0.25) is 5.91 Å². The monoisotopic (exact) mass is 445 g/mol. The van der Waals surface area contributed by atoms with Crippen LogP contribution >= 0.6 is 23.4 Å². The van der Waals surface area contributed by atoms with Crippen molar-refractivity contribution in [1.29, 1.82) is 0 Å². The average molecular weight is 446 g/mol. The summed E-state index contributed by atoms with van der Waals surface area (Å²) in [5.74, 6) is 0.328. The van der Waals surface area contributed by atoms with Gasteiger partial charge in [0.25, 0.3) is 5.56 Å². The van der Waals surface area contributed by atoms with Gasteiger partial charge < -0.3 is 10.1 Å². The molecule has 0 aliphatic carbocycles. The Morgan fingerprint density at radius 3 is 2.60 bits per heavy atom. The Kier molecular flexibility index (Phi) is 6.73. The highest BCUT2D eigenvalue weighted by atomic mass is 35.5. The van der Waals surface area contributed by atoms with Gasteiger partial charge in [-0.25, -0.2) is 4.98 Å². The molecule has 3 aromatic rings. The molecule has 0 fully saturated rings. The van der Waals surface area contributed by atoms with Crippen LogP contribution in [0.4, 0.5) is 0 Å². The van der Waals surface area contributed by atoms with Crippen molar-refractivity contribution < 1.29 is 9.53 Å². The standard InChI is InChI=1S/C22H24ClN3O3S/c1-12(2)24-20(27)14(4)30-22-25-17-9-7-6-8-15(17)21(28)26(22)18-10-13(3)16(23)11-19(18)29-5/h6-12,14H,1-5H3,(H,24,27). The van der Waals surface area contributed by atoms with Gasteiger partial charge in [0.05, 0.1) is 29.0 Å². The third-order valence-corrected chi connectivity index (χ3v) is 5.99. The van der Waals surface area contributed by atoms with Crippen molar-refractivity contribution in [3.8, 4) is 11.4 Å². The predicted molar refractivity (Wildman–Crippen MR) is 122 cm³/mol. The molecule has 2 aromatic carbocycles. The molecule has 1 unspecified atom stereocenters. The first-order valence-electron chi connectivity index (χ1n) is 9.56. The fourth-order valence-corrected chi connectivity index (χ4v) is 4.09. The minimum atomic E-state index is -0.453. The number of hydrogen-bond acceptors (Lipinski definition) is 5. The van der Waals surface area contributed by atoms with Gasteiger partial charge >= 0.3 is 0 Å².